The van der Waals surface area contributed by atoms with E-state index in [2.05, 4.69) is 15.9 Å². The molecule has 0 aromatic carbocycles. The summed E-state index contributed by atoms with van der Waals surface area (Å²) in [7, 11) is 0. The van der Waals surface area contributed by atoms with E-state index in [1.807, 2.05) is 0 Å². The third kappa shape index (κ3) is 1.68. The van der Waals surface area contributed by atoms with Crippen molar-refractivity contribution in [1.82, 2.24) is 0 Å². The first-order chi connectivity index (χ1) is 5.95. The van der Waals surface area contributed by atoms with Crippen LogP contribution in [0.25, 0.3) is 0 Å². The van der Waals surface area contributed by atoms with Gasteiger partial charge in [-0.1, -0.05) is 0 Å². The van der Waals surface area contributed by atoms with Crippen molar-refractivity contribution in [3.8, 4) is 0 Å². The van der Waals surface area contributed by atoms with Crippen LogP contribution in [0, 0.1) is 27.2 Å². The molecule has 1 heterocycles. The summed E-state index contributed by atoms with van der Waals surface area (Å²) in [6, 6.07) is 0. The number of aryl methyl sites for hydroxylation is 1. The first kappa shape index (κ1) is 10.1. The van der Waals surface area contributed by atoms with E-state index in [9.17, 15) is 20.2 Å². The largest absolute Gasteiger partial charge is 0.371 e. The molecule has 0 fully saturated rings. The lowest BCUT2D eigenvalue weighted by atomic mass is 10.4. The van der Waals surface area contributed by atoms with Crippen LogP contribution in [0.3, 0.4) is 0 Å². The Morgan fingerprint density at radius 1 is 1.23 bits per heavy atom. The van der Waals surface area contributed by atoms with Gasteiger partial charge in [0.25, 0.3) is 0 Å². The summed E-state index contributed by atoms with van der Waals surface area (Å²) in [6.45, 7) is 1.47. The monoisotopic (exact) mass is 266 g/mol. The second kappa shape index (κ2) is 3.38. The van der Waals surface area contributed by atoms with Gasteiger partial charge in [-0.25, -0.2) is 0 Å². The number of nitrogens with zero attached hydrogens (tertiary/aromatic N) is 2. The molecule has 0 amide bonds. The molecule has 1 aromatic heterocycles. The van der Waals surface area contributed by atoms with Crippen molar-refractivity contribution in [1.29, 1.82) is 0 Å². The van der Waals surface area contributed by atoms with Crippen LogP contribution < -0.4 is 0 Å². The molecule has 6 nitrogen and oxygen atoms in total. The van der Waals surface area contributed by atoms with E-state index < -0.39 is 21.2 Å². The molecule has 0 unspecified atom stereocenters. The summed E-state index contributed by atoms with van der Waals surface area (Å²) >= 11 is 3.90. The number of thiophene rings is 1. The van der Waals surface area contributed by atoms with Crippen LogP contribution >= 0.6 is 27.3 Å². The van der Waals surface area contributed by atoms with Crippen molar-refractivity contribution in [2.24, 2.45) is 0 Å². The van der Waals surface area contributed by atoms with Crippen LogP contribution in [0.1, 0.15) is 4.88 Å². The number of nitro groups is 2. The van der Waals surface area contributed by atoms with E-state index in [0.717, 1.165) is 11.3 Å². The van der Waals surface area contributed by atoms with Crippen LogP contribution in [0.2, 0.25) is 0 Å². The minimum absolute atomic E-state index is 0.182. The van der Waals surface area contributed by atoms with Gasteiger partial charge in [0.1, 0.15) is 0 Å². The summed E-state index contributed by atoms with van der Waals surface area (Å²) < 4.78 is 0.182. The van der Waals surface area contributed by atoms with Crippen molar-refractivity contribution < 1.29 is 9.85 Å². The van der Waals surface area contributed by atoms with Gasteiger partial charge in [-0.3, -0.25) is 20.2 Å². The molecular formula is C5H3BrN2O4S. The molecule has 0 saturated heterocycles. The zero-order chi connectivity index (χ0) is 10.2. The topological polar surface area (TPSA) is 86.3 Å². The van der Waals surface area contributed by atoms with Crippen molar-refractivity contribution >= 4 is 38.6 Å². The molecule has 0 aliphatic heterocycles. The van der Waals surface area contributed by atoms with Gasteiger partial charge in [-0.05, 0) is 22.9 Å². The highest BCUT2D eigenvalue weighted by Gasteiger charge is 2.33. The van der Waals surface area contributed by atoms with Gasteiger partial charge < -0.3 is 0 Å². The highest BCUT2D eigenvalue weighted by molar-refractivity contribution is 9.11. The number of halogens is 1. The molecule has 0 atom stereocenters. The Morgan fingerprint density at radius 3 is 2.00 bits per heavy atom. The molecule has 0 spiro atoms. The Hall–Kier alpha value is -1.02. The van der Waals surface area contributed by atoms with Crippen LogP contribution in [0.15, 0.2) is 3.79 Å². The predicted octanol–water partition coefficient (Wildman–Crippen LogP) is 2.64. The van der Waals surface area contributed by atoms with Crippen LogP contribution in [0.5, 0.6) is 0 Å². The number of hydrogen-bond donors (Lipinski definition) is 0. The fraction of sp³-hybridized carbons (Fsp3) is 0.200. The predicted molar refractivity (Wildman–Crippen MR) is 50.1 cm³/mol. The van der Waals surface area contributed by atoms with Crippen LogP contribution in [-0.2, 0) is 0 Å². The average molecular weight is 267 g/mol. The summed E-state index contributed by atoms with van der Waals surface area (Å²) in [5, 5.41) is 20.9. The van der Waals surface area contributed by atoms with Crippen molar-refractivity contribution in [3.05, 3.63) is 28.9 Å². The summed E-state index contributed by atoms with van der Waals surface area (Å²) in [6.07, 6.45) is 0. The SMILES string of the molecule is Cc1sc(Br)c([N+](=O)[O-])c1[N+](=O)[O-]. The van der Waals surface area contributed by atoms with Crippen LogP contribution in [0.4, 0.5) is 11.4 Å². The molecule has 8 heteroatoms. The molecule has 70 valence electrons. The maximum atomic E-state index is 10.4. The first-order valence-electron chi connectivity index (χ1n) is 3.02. The van der Waals surface area contributed by atoms with Gasteiger partial charge in [0, 0.05) is 0 Å². The number of hydrogen-bond acceptors (Lipinski definition) is 5. The molecular weight excluding hydrogens is 264 g/mol. The fourth-order valence-corrected chi connectivity index (χ4v) is 2.73. The van der Waals surface area contributed by atoms with Gasteiger partial charge in [0.15, 0.2) is 3.79 Å². The minimum atomic E-state index is -0.758. The lowest BCUT2D eigenvalue weighted by molar-refractivity contribution is -0.422. The van der Waals surface area contributed by atoms with Gasteiger partial charge in [-0.2, -0.15) is 0 Å². The molecule has 0 radical (unpaired) electrons. The highest BCUT2D eigenvalue weighted by atomic mass is 79.9. The second-order valence-electron chi connectivity index (χ2n) is 2.14. The highest BCUT2D eigenvalue weighted by Crippen LogP contribution is 2.43. The second-order valence-corrected chi connectivity index (χ2v) is 4.69. The van der Waals surface area contributed by atoms with Crippen LogP contribution in [-0.4, -0.2) is 9.85 Å². The van der Waals surface area contributed by atoms with E-state index in [0.29, 0.717) is 4.88 Å². The molecule has 0 aliphatic rings. The fourth-order valence-electron chi connectivity index (χ4n) is 0.864. The smallest absolute Gasteiger partial charge is 0.258 e. The Labute approximate surface area is 84.6 Å². The molecule has 0 saturated carbocycles. The summed E-state index contributed by atoms with van der Waals surface area (Å²) in [5.74, 6) is 0. The van der Waals surface area contributed by atoms with E-state index in [1.54, 1.807) is 0 Å². The lowest BCUT2D eigenvalue weighted by Gasteiger charge is -1.88. The Bertz CT molecular complexity index is 354. The van der Waals surface area contributed by atoms with Gasteiger partial charge in [-0.15, -0.1) is 11.3 Å². The van der Waals surface area contributed by atoms with E-state index >= 15 is 0 Å². The van der Waals surface area contributed by atoms with E-state index in [-0.39, 0.29) is 3.79 Å². The van der Waals surface area contributed by atoms with Crippen molar-refractivity contribution in [2.45, 2.75) is 6.92 Å². The molecule has 0 bridgehead atoms. The Morgan fingerprint density at radius 2 is 1.69 bits per heavy atom. The molecule has 13 heavy (non-hydrogen) atoms. The van der Waals surface area contributed by atoms with Gasteiger partial charge in [0.05, 0.1) is 14.7 Å². The van der Waals surface area contributed by atoms with E-state index in [4.69, 9.17) is 0 Å². The standard InChI is InChI=1S/C5H3BrN2O4S/c1-2-3(7(9)10)4(8(11)12)5(6)13-2/h1H3. The molecule has 0 N–H and O–H groups in total. The molecule has 0 aliphatic carbocycles. The normalized spacial score (nSPS) is 10.0. The first-order valence-corrected chi connectivity index (χ1v) is 4.63. The maximum absolute atomic E-state index is 10.4. The van der Waals surface area contributed by atoms with E-state index in [1.165, 1.54) is 6.92 Å². The lowest BCUT2D eigenvalue weighted by Crippen LogP contribution is -1.94. The quantitative estimate of drug-likeness (QED) is 0.608. The van der Waals surface area contributed by atoms with Gasteiger partial charge >= 0.3 is 11.4 Å². The summed E-state index contributed by atoms with van der Waals surface area (Å²) in [4.78, 5) is 19.7. The van der Waals surface area contributed by atoms with Crippen molar-refractivity contribution in [3.63, 3.8) is 0 Å². The Balaban J connectivity index is 3.47. The third-order valence-electron chi connectivity index (χ3n) is 1.35. The number of rotatable bonds is 2. The molecule has 1 rings (SSSR count). The minimum Gasteiger partial charge on any atom is -0.258 e. The summed E-state index contributed by atoms with van der Waals surface area (Å²) in [5.41, 5.74) is -0.894. The zero-order valence-corrected chi connectivity index (χ0v) is 8.72. The van der Waals surface area contributed by atoms with Crippen molar-refractivity contribution in [2.75, 3.05) is 0 Å². The zero-order valence-electron chi connectivity index (χ0n) is 6.31. The Kier molecular flexibility index (Phi) is 2.62. The molecule has 1 aromatic rings. The average Bonchev–Trinajstić information content (AvgIpc) is 2.24. The maximum Gasteiger partial charge on any atom is 0.371 e. The third-order valence-corrected chi connectivity index (χ3v) is 3.09. The van der Waals surface area contributed by atoms with Gasteiger partial charge in [0.2, 0.25) is 0 Å².